The van der Waals surface area contributed by atoms with Crippen molar-refractivity contribution >= 4 is 29.1 Å². The number of allylic oxidation sites excluding steroid dienone is 1. The number of rotatable bonds is 1. The van der Waals surface area contributed by atoms with Crippen LogP contribution in [0.3, 0.4) is 0 Å². The first-order valence-corrected chi connectivity index (χ1v) is 4.40. The molecule has 0 saturated heterocycles. The number of nitrogens with one attached hydrogen (secondary N) is 1. The quantitative estimate of drug-likeness (QED) is 0.701. The van der Waals surface area contributed by atoms with Crippen LogP contribution in [0.2, 0.25) is 0 Å². The van der Waals surface area contributed by atoms with Crippen LogP contribution < -0.4 is 5.32 Å². The number of hydrogen-bond donors (Lipinski definition) is 1. The smallest absolute Gasteiger partial charge is 0.251 e. The Kier molecular flexibility index (Phi) is 2.80. The molecule has 0 aromatic carbocycles. The van der Waals surface area contributed by atoms with Gasteiger partial charge in [-0.25, -0.2) is 0 Å². The van der Waals surface area contributed by atoms with Crippen LogP contribution in [0.1, 0.15) is 20.3 Å². The van der Waals surface area contributed by atoms with E-state index in [2.05, 4.69) is 5.32 Å². The van der Waals surface area contributed by atoms with Gasteiger partial charge in [0, 0.05) is 5.57 Å². The molecular formula is C8H9Cl2NO. The van der Waals surface area contributed by atoms with E-state index in [-0.39, 0.29) is 10.4 Å². The fourth-order valence-electron chi connectivity index (χ4n) is 1.21. The molecule has 66 valence electrons. The Labute approximate surface area is 81.2 Å². The van der Waals surface area contributed by atoms with Crippen LogP contribution in [0.15, 0.2) is 21.3 Å². The van der Waals surface area contributed by atoms with Crippen molar-refractivity contribution in [1.29, 1.82) is 0 Å². The summed E-state index contributed by atoms with van der Waals surface area (Å²) in [5.74, 6) is -0.111. The van der Waals surface area contributed by atoms with Crippen LogP contribution >= 0.6 is 23.2 Å². The van der Waals surface area contributed by atoms with Gasteiger partial charge in [-0.3, -0.25) is 4.79 Å². The topological polar surface area (TPSA) is 29.1 Å². The molecule has 0 fully saturated rings. The van der Waals surface area contributed by atoms with Gasteiger partial charge in [-0.05, 0) is 18.9 Å². The Bertz CT molecular complexity index is 287. The Morgan fingerprint density at radius 3 is 2.42 bits per heavy atom. The molecule has 1 heterocycles. The minimum absolute atomic E-state index is 0.111. The van der Waals surface area contributed by atoms with E-state index >= 15 is 0 Å². The highest BCUT2D eigenvalue weighted by molar-refractivity contribution is 6.56. The van der Waals surface area contributed by atoms with E-state index in [0.717, 1.165) is 12.0 Å². The van der Waals surface area contributed by atoms with Gasteiger partial charge in [-0.1, -0.05) is 30.1 Å². The minimum atomic E-state index is -0.111. The van der Waals surface area contributed by atoms with Gasteiger partial charge in [0.05, 0.1) is 5.70 Å². The van der Waals surface area contributed by atoms with E-state index < -0.39 is 0 Å². The molecule has 4 heteroatoms. The van der Waals surface area contributed by atoms with Crippen LogP contribution in [0.4, 0.5) is 0 Å². The van der Waals surface area contributed by atoms with Crippen LogP contribution in [0, 0.1) is 0 Å². The molecule has 1 aliphatic heterocycles. The van der Waals surface area contributed by atoms with E-state index in [0.29, 0.717) is 11.3 Å². The summed E-state index contributed by atoms with van der Waals surface area (Å²) < 4.78 is 0.122. The minimum Gasteiger partial charge on any atom is -0.320 e. The van der Waals surface area contributed by atoms with E-state index in [1.54, 1.807) is 6.92 Å². The molecule has 0 bridgehead atoms. The zero-order chi connectivity index (χ0) is 9.30. The van der Waals surface area contributed by atoms with Gasteiger partial charge in [0.1, 0.15) is 4.49 Å². The lowest BCUT2D eigenvalue weighted by Gasteiger charge is -2.01. The van der Waals surface area contributed by atoms with Crippen molar-refractivity contribution in [1.82, 2.24) is 5.32 Å². The van der Waals surface area contributed by atoms with E-state index in [1.807, 2.05) is 6.92 Å². The Morgan fingerprint density at radius 2 is 2.08 bits per heavy atom. The number of halogens is 2. The molecule has 2 nitrogen and oxygen atoms in total. The normalized spacial score (nSPS) is 17.0. The third kappa shape index (κ3) is 1.50. The highest BCUT2D eigenvalue weighted by Gasteiger charge is 2.24. The third-order valence-corrected chi connectivity index (χ3v) is 2.25. The fraction of sp³-hybridized carbons (Fsp3) is 0.375. The van der Waals surface area contributed by atoms with Crippen molar-refractivity contribution in [2.24, 2.45) is 0 Å². The van der Waals surface area contributed by atoms with E-state index in [1.165, 1.54) is 0 Å². The molecule has 0 radical (unpaired) electrons. The van der Waals surface area contributed by atoms with Gasteiger partial charge in [-0.15, -0.1) is 0 Å². The molecule has 0 unspecified atom stereocenters. The molecule has 1 N–H and O–H groups in total. The second kappa shape index (κ2) is 3.50. The fourth-order valence-corrected chi connectivity index (χ4v) is 1.53. The standard InChI is InChI=1S/C8H9Cl2NO/c1-3-5-4(2)8(12)11-6(5)7(9)10/h3H2,1-2H3,(H,11,12). The molecule has 0 spiro atoms. The second-order valence-electron chi connectivity index (χ2n) is 2.55. The zero-order valence-electron chi connectivity index (χ0n) is 6.87. The van der Waals surface area contributed by atoms with Crippen molar-refractivity contribution in [2.75, 3.05) is 0 Å². The van der Waals surface area contributed by atoms with Gasteiger partial charge in [0.2, 0.25) is 0 Å². The first-order chi connectivity index (χ1) is 5.57. The molecular weight excluding hydrogens is 197 g/mol. The van der Waals surface area contributed by atoms with Crippen LogP contribution in [0.5, 0.6) is 0 Å². The lowest BCUT2D eigenvalue weighted by molar-refractivity contribution is -0.116. The van der Waals surface area contributed by atoms with Crippen LogP contribution in [-0.4, -0.2) is 5.91 Å². The first-order valence-electron chi connectivity index (χ1n) is 3.64. The molecule has 0 aliphatic carbocycles. The summed E-state index contributed by atoms with van der Waals surface area (Å²) in [6, 6.07) is 0. The summed E-state index contributed by atoms with van der Waals surface area (Å²) in [6.45, 7) is 3.72. The molecule has 0 aromatic rings. The van der Waals surface area contributed by atoms with Crippen molar-refractivity contribution in [3.63, 3.8) is 0 Å². The maximum absolute atomic E-state index is 11.1. The summed E-state index contributed by atoms with van der Waals surface area (Å²) in [4.78, 5) is 11.1. The summed E-state index contributed by atoms with van der Waals surface area (Å²) in [5.41, 5.74) is 2.16. The average Bonchev–Trinajstić information content (AvgIpc) is 2.29. The molecule has 0 atom stereocenters. The summed E-state index contributed by atoms with van der Waals surface area (Å²) in [7, 11) is 0. The number of carbonyl (C=O) groups excluding carboxylic acids is 1. The first kappa shape index (κ1) is 9.62. The van der Waals surface area contributed by atoms with E-state index in [4.69, 9.17) is 23.2 Å². The predicted molar refractivity (Wildman–Crippen MR) is 49.9 cm³/mol. The monoisotopic (exact) mass is 205 g/mol. The van der Waals surface area contributed by atoms with E-state index in [9.17, 15) is 4.79 Å². The molecule has 1 rings (SSSR count). The van der Waals surface area contributed by atoms with Gasteiger partial charge in [0.15, 0.2) is 0 Å². The molecule has 1 aliphatic rings. The highest BCUT2D eigenvalue weighted by atomic mass is 35.5. The average molecular weight is 206 g/mol. The van der Waals surface area contributed by atoms with Gasteiger partial charge in [0.25, 0.3) is 5.91 Å². The number of amides is 1. The van der Waals surface area contributed by atoms with Crippen molar-refractivity contribution in [2.45, 2.75) is 20.3 Å². The van der Waals surface area contributed by atoms with Crippen molar-refractivity contribution in [3.05, 3.63) is 21.3 Å². The summed E-state index contributed by atoms with van der Waals surface area (Å²) in [6.07, 6.45) is 0.753. The maximum atomic E-state index is 11.1. The number of hydrogen-bond acceptors (Lipinski definition) is 1. The Hall–Kier alpha value is -0.470. The zero-order valence-corrected chi connectivity index (χ0v) is 8.38. The molecule has 0 aromatic heterocycles. The van der Waals surface area contributed by atoms with Crippen LogP contribution in [-0.2, 0) is 4.79 Å². The lowest BCUT2D eigenvalue weighted by Crippen LogP contribution is -2.15. The predicted octanol–water partition coefficient (Wildman–Crippen LogP) is 2.49. The van der Waals surface area contributed by atoms with Gasteiger partial charge >= 0.3 is 0 Å². The number of carbonyl (C=O) groups is 1. The van der Waals surface area contributed by atoms with Crippen LogP contribution in [0.25, 0.3) is 0 Å². The SMILES string of the molecule is CCC1=C(C)C(=O)NC1=C(Cl)Cl. The van der Waals surface area contributed by atoms with Crippen molar-refractivity contribution < 1.29 is 4.79 Å². The largest absolute Gasteiger partial charge is 0.320 e. The second-order valence-corrected chi connectivity index (χ2v) is 3.50. The van der Waals surface area contributed by atoms with Gasteiger partial charge in [-0.2, -0.15) is 0 Å². The Morgan fingerprint density at radius 1 is 1.50 bits per heavy atom. The maximum Gasteiger partial charge on any atom is 0.251 e. The molecule has 12 heavy (non-hydrogen) atoms. The third-order valence-electron chi connectivity index (χ3n) is 1.88. The molecule has 1 amide bonds. The van der Waals surface area contributed by atoms with Crippen molar-refractivity contribution in [3.8, 4) is 0 Å². The van der Waals surface area contributed by atoms with Gasteiger partial charge < -0.3 is 5.32 Å². The highest BCUT2D eigenvalue weighted by Crippen LogP contribution is 2.28. The Balaban J connectivity index is 3.16. The summed E-state index contributed by atoms with van der Waals surface area (Å²) in [5, 5.41) is 2.61. The summed E-state index contributed by atoms with van der Waals surface area (Å²) >= 11 is 11.2. The molecule has 0 saturated carbocycles. The lowest BCUT2D eigenvalue weighted by atomic mass is 10.1.